The van der Waals surface area contributed by atoms with Gasteiger partial charge in [-0.2, -0.15) is 0 Å². The van der Waals surface area contributed by atoms with Crippen molar-refractivity contribution in [2.45, 2.75) is 38.8 Å². The lowest BCUT2D eigenvalue weighted by atomic mass is 9.97. The third-order valence-electron chi connectivity index (χ3n) is 6.08. The summed E-state index contributed by atoms with van der Waals surface area (Å²) in [6.45, 7) is 6.51. The first-order chi connectivity index (χ1) is 16.2. The fourth-order valence-corrected chi connectivity index (χ4v) is 4.62. The van der Waals surface area contributed by atoms with Crippen molar-refractivity contribution in [2.75, 3.05) is 36.4 Å². The lowest BCUT2D eigenvalue weighted by molar-refractivity contribution is 0.101. The van der Waals surface area contributed by atoms with Crippen LogP contribution in [0.4, 0.5) is 24.5 Å². The monoisotopic (exact) mass is 475 g/mol. The fourth-order valence-electron chi connectivity index (χ4n) is 4.62. The number of hydrogen-bond acceptors (Lipinski definition) is 5. The second-order valence-corrected chi connectivity index (χ2v) is 8.83. The number of anilines is 2. The van der Waals surface area contributed by atoms with Crippen LogP contribution in [-0.2, 0) is 0 Å². The van der Waals surface area contributed by atoms with Crippen LogP contribution >= 0.6 is 0 Å². The number of carbonyl (C=O) groups is 1. The van der Waals surface area contributed by atoms with E-state index in [1.54, 1.807) is 6.07 Å². The van der Waals surface area contributed by atoms with Crippen LogP contribution in [0.3, 0.4) is 0 Å². The average molecular weight is 476 g/mol. The van der Waals surface area contributed by atoms with Crippen LogP contribution in [0, 0.1) is 5.82 Å². The van der Waals surface area contributed by atoms with E-state index in [9.17, 15) is 18.4 Å². The molecule has 1 fully saturated rings. The number of alkyl halides is 2. The number of aromatic amines is 1. The lowest BCUT2D eigenvalue weighted by Crippen LogP contribution is -2.54. The summed E-state index contributed by atoms with van der Waals surface area (Å²) in [5, 5.41) is 9.30. The summed E-state index contributed by atoms with van der Waals surface area (Å²) in [6.07, 6.45) is 0.508. The van der Waals surface area contributed by atoms with Gasteiger partial charge in [0, 0.05) is 55.1 Å². The molecule has 1 aromatic carbocycles. The largest absolute Gasteiger partial charge is 0.367 e. The van der Waals surface area contributed by atoms with Gasteiger partial charge < -0.3 is 25.8 Å². The molecule has 182 valence electrons. The number of piperazine rings is 1. The molecular weight excluding hydrogens is 447 g/mol. The molecule has 0 spiro atoms. The highest BCUT2D eigenvalue weighted by Gasteiger charge is 2.27. The molecule has 2 atom stereocenters. The van der Waals surface area contributed by atoms with Crippen LogP contribution in [0.2, 0.25) is 0 Å². The van der Waals surface area contributed by atoms with E-state index < -0.39 is 29.3 Å². The molecular formula is C24H28F3N5O2. The van der Waals surface area contributed by atoms with E-state index in [-0.39, 0.29) is 17.6 Å². The van der Waals surface area contributed by atoms with Crippen LogP contribution < -0.4 is 26.4 Å². The standard InChI is InChI=1S/C24H28F3N5O2/c1-13-11-32(12-14(2)30-13)21-9-19(25)16(15-3-5-28-6-4-15)7-20(21)31-24(34)18-10-29-22(33)8-17(18)23(26)27/h3,7-10,13-14,23,28,30H,4-6,11-12H2,1-2H3,(H,29,33)(H,31,34)/t13-,14+. The molecule has 0 radical (unpaired) electrons. The summed E-state index contributed by atoms with van der Waals surface area (Å²) in [7, 11) is 0. The Hall–Kier alpha value is -3.11. The van der Waals surface area contributed by atoms with E-state index in [0.717, 1.165) is 17.8 Å². The highest BCUT2D eigenvalue weighted by molar-refractivity contribution is 6.07. The Morgan fingerprint density at radius 3 is 2.56 bits per heavy atom. The molecule has 1 aromatic heterocycles. The van der Waals surface area contributed by atoms with E-state index in [4.69, 9.17) is 0 Å². The van der Waals surface area contributed by atoms with Gasteiger partial charge in [-0.05, 0) is 44.5 Å². The Balaban J connectivity index is 1.76. The first-order valence-electron chi connectivity index (χ1n) is 11.3. The second kappa shape index (κ2) is 10.0. The van der Waals surface area contributed by atoms with Gasteiger partial charge in [-0.1, -0.05) is 6.08 Å². The first kappa shape index (κ1) is 24.0. The van der Waals surface area contributed by atoms with Gasteiger partial charge in [0.15, 0.2) is 0 Å². The first-order valence-corrected chi connectivity index (χ1v) is 11.3. The third-order valence-corrected chi connectivity index (χ3v) is 6.08. The zero-order valence-corrected chi connectivity index (χ0v) is 19.1. The minimum absolute atomic E-state index is 0.131. The molecule has 10 heteroatoms. The molecule has 0 aliphatic carbocycles. The Labute approximate surface area is 195 Å². The zero-order chi connectivity index (χ0) is 24.4. The van der Waals surface area contributed by atoms with Gasteiger partial charge in [-0.25, -0.2) is 13.2 Å². The van der Waals surface area contributed by atoms with E-state index in [1.165, 1.54) is 6.07 Å². The van der Waals surface area contributed by atoms with Gasteiger partial charge in [0.05, 0.1) is 16.9 Å². The van der Waals surface area contributed by atoms with Gasteiger partial charge >= 0.3 is 0 Å². The Kier molecular flexibility index (Phi) is 7.08. The number of H-pyrrole nitrogens is 1. The number of rotatable bonds is 5. The molecule has 4 N–H and O–H groups in total. The smallest absolute Gasteiger partial charge is 0.264 e. The maximum absolute atomic E-state index is 15.3. The number of nitrogens with zero attached hydrogens (tertiary/aromatic N) is 1. The van der Waals surface area contributed by atoms with Crippen molar-refractivity contribution in [1.82, 2.24) is 15.6 Å². The van der Waals surface area contributed by atoms with Crippen LogP contribution in [0.15, 0.2) is 35.3 Å². The second-order valence-electron chi connectivity index (χ2n) is 8.83. The minimum Gasteiger partial charge on any atom is -0.367 e. The number of halogens is 3. The summed E-state index contributed by atoms with van der Waals surface area (Å²) >= 11 is 0. The Bertz CT molecular complexity index is 1150. The van der Waals surface area contributed by atoms with Crippen molar-refractivity contribution < 1.29 is 18.0 Å². The lowest BCUT2D eigenvalue weighted by Gasteiger charge is -2.38. The number of pyridine rings is 1. The predicted octanol–water partition coefficient (Wildman–Crippen LogP) is 3.27. The maximum atomic E-state index is 15.3. The topological polar surface area (TPSA) is 89.3 Å². The van der Waals surface area contributed by atoms with E-state index in [1.807, 2.05) is 24.8 Å². The summed E-state index contributed by atoms with van der Waals surface area (Å²) in [5.41, 5.74) is 0.273. The van der Waals surface area contributed by atoms with Gasteiger partial charge in [-0.3, -0.25) is 9.59 Å². The number of hydrogen-bond donors (Lipinski definition) is 4. The molecule has 2 aliphatic rings. The summed E-state index contributed by atoms with van der Waals surface area (Å²) < 4.78 is 42.3. The quantitative estimate of drug-likeness (QED) is 0.533. The molecule has 1 saturated heterocycles. The van der Waals surface area contributed by atoms with Crippen LogP contribution in [0.1, 0.15) is 48.2 Å². The molecule has 0 saturated carbocycles. The zero-order valence-electron chi connectivity index (χ0n) is 19.1. The van der Waals surface area contributed by atoms with Crippen LogP contribution in [0.25, 0.3) is 5.57 Å². The third kappa shape index (κ3) is 5.18. The van der Waals surface area contributed by atoms with Gasteiger partial charge in [0.1, 0.15) is 5.82 Å². The SMILES string of the molecule is C[C@@H]1CN(c2cc(F)c(C3=CCNCC3)cc2NC(=O)c2c[nH]c(=O)cc2C(F)F)C[C@H](C)N1. The molecule has 1 amide bonds. The molecule has 2 aromatic rings. The van der Waals surface area contributed by atoms with Crippen LogP contribution in [-0.4, -0.2) is 49.2 Å². The summed E-state index contributed by atoms with van der Waals surface area (Å²) in [5.74, 6) is -1.21. The van der Waals surface area contributed by atoms with Crippen molar-refractivity contribution in [3.05, 3.63) is 63.3 Å². The van der Waals surface area contributed by atoms with E-state index in [2.05, 4.69) is 20.9 Å². The predicted molar refractivity (Wildman–Crippen MR) is 126 cm³/mol. The molecule has 0 unspecified atom stereocenters. The summed E-state index contributed by atoms with van der Waals surface area (Å²) in [6, 6.07) is 3.96. The maximum Gasteiger partial charge on any atom is 0.264 e. The molecule has 3 heterocycles. The normalized spacial score (nSPS) is 20.9. The highest BCUT2D eigenvalue weighted by Crippen LogP contribution is 2.35. The number of carbonyl (C=O) groups excluding carboxylic acids is 1. The average Bonchev–Trinajstić information content (AvgIpc) is 2.79. The molecule has 4 rings (SSSR count). The van der Waals surface area contributed by atoms with Crippen molar-refractivity contribution in [2.24, 2.45) is 0 Å². The molecule has 34 heavy (non-hydrogen) atoms. The minimum atomic E-state index is -3.00. The van der Waals surface area contributed by atoms with Gasteiger partial charge in [0.25, 0.3) is 12.3 Å². The van der Waals surface area contributed by atoms with Crippen molar-refractivity contribution in [1.29, 1.82) is 0 Å². The van der Waals surface area contributed by atoms with Crippen LogP contribution in [0.5, 0.6) is 0 Å². The molecule has 2 aliphatic heterocycles. The fraction of sp³-hybridized carbons (Fsp3) is 0.417. The summed E-state index contributed by atoms with van der Waals surface area (Å²) in [4.78, 5) is 28.8. The van der Waals surface area contributed by atoms with Crippen molar-refractivity contribution in [3.63, 3.8) is 0 Å². The van der Waals surface area contributed by atoms with Crippen molar-refractivity contribution in [3.8, 4) is 0 Å². The molecule has 7 nitrogen and oxygen atoms in total. The van der Waals surface area contributed by atoms with Crippen molar-refractivity contribution >= 4 is 22.9 Å². The van der Waals surface area contributed by atoms with Gasteiger partial charge in [-0.15, -0.1) is 0 Å². The highest BCUT2D eigenvalue weighted by atomic mass is 19.3. The van der Waals surface area contributed by atoms with E-state index >= 15 is 4.39 Å². The Morgan fingerprint density at radius 1 is 1.18 bits per heavy atom. The number of aromatic nitrogens is 1. The van der Waals surface area contributed by atoms with E-state index in [0.29, 0.717) is 49.5 Å². The number of amides is 1. The number of nitrogens with one attached hydrogen (secondary N) is 4. The number of benzene rings is 1. The van der Waals surface area contributed by atoms with Gasteiger partial charge in [0.2, 0.25) is 5.56 Å². The Morgan fingerprint density at radius 2 is 1.91 bits per heavy atom. The molecule has 0 bridgehead atoms.